The zero-order chi connectivity index (χ0) is 15.3. The lowest BCUT2D eigenvalue weighted by Gasteiger charge is -2.16. The maximum absolute atomic E-state index is 13.0. The number of primary amides is 1. The van der Waals surface area contributed by atoms with Gasteiger partial charge in [0.25, 0.3) is 5.91 Å². The molecule has 0 bridgehead atoms. The summed E-state index contributed by atoms with van der Waals surface area (Å²) >= 11 is 0. The average molecular weight is 281 g/mol. The van der Waals surface area contributed by atoms with Crippen molar-refractivity contribution < 1.29 is 18.4 Å². The van der Waals surface area contributed by atoms with Crippen LogP contribution in [0.3, 0.4) is 0 Å². The number of hydrogen-bond acceptors (Lipinski definition) is 3. The number of carbonyl (C=O) groups is 2. The van der Waals surface area contributed by atoms with Crippen LogP contribution in [0.1, 0.15) is 23.7 Å². The Morgan fingerprint density at radius 1 is 1.35 bits per heavy atom. The van der Waals surface area contributed by atoms with Gasteiger partial charge in [0.2, 0.25) is 5.91 Å². The van der Waals surface area contributed by atoms with E-state index in [1.807, 2.05) is 6.07 Å². The minimum Gasteiger partial charge on any atom is -0.368 e. The molecule has 7 heteroatoms. The number of hydrogen-bond donors (Lipinski definition) is 2. The van der Waals surface area contributed by atoms with Crippen molar-refractivity contribution in [1.29, 1.82) is 5.26 Å². The molecule has 0 heterocycles. The van der Waals surface area contributed by atoms with E-state index >= 15 is 0 Å². The Kier molecular flexibility index (Phi) is 5.15. The van der Waals surface area contributed by atoms with Crippen LogP contribution in [-0.2, 0) is 4.79 Å². The van der Waals surface area contributed by atoms with Gasteiger partial charge >= 0.3 is 0 Å². The summed E-state index contributed by atoms with van der Waals surface area (Å²) in [5.41, 5.74) is 4.85. The van der Waals surface area contributed by atoms with Crippen LogP contribution in [0.25, 0.3) is 0 Å². The molecule has 0 saturated carbocycles. The lowest BCUT2D eigenvalue weighted by Crippen LogP contribution is -2.45. The topological polar surface area (TPSA) is 96.0 Å². The maximum Gasteiger partial charge on any atom is 0.252 e. The molecule has 0 aliphatic carbocycles. The minimum absolute atomic E-state index is 0.0232. The Hall–Kier alpha value is -2.49. The first-order chi connectivity index (χ1) is 9.33. The highest BCUT2D eigenvalue weighted by molar-refractivity contribution is 5.97. The van der Waals surface area contributed by atoms with E-state index < -0.39 is 35.4 Å². The molecule has 0 radical (unpaired) electrons. The van der Waals surface area contributed by atoms with Gasteiger partial charge in [0.1, 0.15) is 17.7 Å². The number of nitriles is 1. The average Bonchev–Trinajstić information content (AvgIpc) is 2.36. The predicted molar refractivity (Wildman–Crippen MR) is 66.2 cm³/mol. The highest BCUT2D eigenvalue weighted by Gasteiger charge is 2.22. The molecule has 0 aliphatic rings. The zero-order valence-electron chi connectivity index (χ0n) is 10.7. The van der Waals surface area contributed by atoms with Crippen molar-refractivity contribution in [1.82, 2.24) is 5.32 Å². The second kappa shape index (κ2) is 6.61. The van der Waals surface area contributed by atoms with Gasteiger partial charge < -0.3 is 11.1 Å². The van der Waals surface area contributed by atoms with E-state index in [0.717, 1.165) is 12.1 Å². The molecule has 0 fully saturated rings. The molecular weight excluding hydrogens is 268 g/mol. The lowest BCUT2D eigenvalue weighted by molar-refractivity contribution is -0.120. The largest absolute Gasteiger partial charge is 0.368 e. The number of nitrogens with two attached hydrogens (primary N) is 1. The number of nitrogens with one attached hydrogen (secondary N) is 1. The van der Waals surface area contributed by atoms with E-state index in [-0.39, 0.29) is 12.0 Å². The molecule has 106 valence electrons. The van der Waals surface area contributed by atoms with Gasteiger partial charge in [0.15, 0.2) is 0 Å². The van der Waals surface area contributed by atoms with Crippen molar-refractivity contribution in [2.24, 2.45) is 11.7 Å². The molecule has 0 saturated heterocycles. The Bertz CT molecular complexity index is 549. The van der Waals surface area contributed by atoms with E-state index in [9.17, 15) is 18.4 Å². The molecule has 20 heavy (non-hydrogen) atoms. The molecule has 2 amide bonds. The zero-order valence-corrected chi connectivity index (χ0v) is 10.7. The fraction of sp³-hybridized carbons (Fsp3) is 0.308. The fourth-order valence-electron chi connectivity index (χ4n) is 1.58. The van der Waals surface area contributed by atoms with Gasteiger partial charge in [-0.1, -0.05) is 0 Å². The molecule has 2 atom stereocenters. The summed E-state index contributed by atoms with van der Waals surface area (Å²) < 4.78 is 26.0. The molecule has 1 aromatic carbocycles. The van der Waals surface area contributed by atoms with Crippen LogP contribution in [-0.4, -0.2) is 17.9 Å². The van der Waals surface area contributed by atoms with E-state index in [0.29, 0.717) is 6.07 Å². The molecule has 0 aromatic heterocycles. The van der Waals surface area contributed by atoms with Crippen LogP contribution >= 0.6 is 0 Å². The summed E-state index contributed by atoms with van der Waals surface area (Å²) in [4.78, 5) is 23.0. The fourth-order valence-corrected chi connectivity index (χ4v) is 1.58. The Labute approximate surface area is 114 Å². The highest BCUT2D eigenvalue weighted by atomic mass is 19.1. The summed E-state index contributed by atoms with van der Waals surface area (Å²) in [6.45, 7) is 1.56. The van der Waals surface area contributed by atoms with Crippen molar-refractivity contribution in [3.8, 4) is 6.07 Å². The van der Waals surface area contributed by atoms with E-state index in [1.165, 1.54) is 0 Å². The number of halogens is 2. The first-order valence-corrected chi connectivity index (χ1v) is 5.79. The van der Waals surface area contributed by atoms with Gasteiger partial charge in [-0.15, -0.1) is 0 Å². The monoisotopic (exact) mass is 281 g/mol. The van der Waals surface area contributed by atoms with Crippen molar-refractivity contribution >= 4 is 11.8 Å². The van der Waals surface area contributed by atoms with Gasteiger partial charge in [-0.25, -0.2) is 8.78 Å². The number of nitrogens with zero attached hydrogens (tertiary/aromatic N) is 1. The molecule has 0 aliphatic heterocycles. The Morgan fingerprint density at radius 3 is 2.35 bits per heavy atom. The van der Waals surface area contributed by atoms with E-state index in [4.69, 9.17) is 11.0 Å². The van der Waals surface area contributed by atoms with Crippen LogP contribution in [0.15, 0.2) is 18.2 Å². The molecular formula is C13H13F2N3O2. The first kappa shape index (κ1) is 15.6. The molecule has 5 nitrogen and oxygen atoms in total. The van der Waals surface area contributed by atoms with Crippen LogP contribution in [0, 0.1) is 28.9 Å². The normalized spacial score (nSPS) is 13.1. The molecule has 1 rings (SSSR count). The second-order valence-corrected chi connectivity index (χ2v) is 4.35. The third-order valence-corrected chi connectivity index (χ3v) is 2.58. The van der Waals surface area contributed by atoms with Crippen molar-refractivity contribution in [2.45, 2.75) is 19.4 Å². The van der Waals surface area contributed by atoms with Gasteiger partial charge in [-0.3, -0.25) is 9.59 Å². The first-order valence-electron chi connectivity index (χ1n) is 5.79. The minimum atomic E-state index is -1.08. The third kappa shape index (κ3) is 4.31. The summed E-state index contributed by atoms with van der Waals surface area (Å²) in [5, 5.41) is 10.9. The van der Waals surface area contributed by atoms with Crippen LogP contribution < -0.4 is 11.1 Å². The standard InChI is InChI=1S/C13H13F2N3O2/c1-7(6-16)2-11(12(17)19)18-13(20)8-3-9(14)5-10(15)4-8/h3-5,7,11H,2H2,1H3,(H2,17,19)(H,18,20)/t7-,11-/m0/s1. The SMILES string of the molecule is C[C@H](C#N)C[C@H](NC(=O)c1cc(F)cc(F)c1)C(N)=O. The number of rotatable bonds is 5. The van der Waals surface area contributed by atoms with Gasteiger partial charge in [-0.2, -0.15) is 5.26 Å². The van der Waals surface area contributed by atoms with Gasteiger partial charge in [0, 0.05) is 17.5 Å². The van der Waals surface area contributed by atoms with Gasteiger partial charge in [0.05, 0.1) is 6.07 Å². The quantitative estimate of drug-likeness (QED) is 0.845. The highest BCUT2D eigenvalue weighted by Crippen LogP contribution is 2.10. The second-order valence-electron chi connectivity index (χ2n) is 4.35. The maximum atomic E-state index is 13.0. The van der Waals surface area contributed by atoms with E-state index in [1.54, 1.807) is 6.92 Å². The van der Waals surface area contributed by atoms with Crippen molar-refractivity contribution in [3.63, 3.8) is 0 Å². The van der Waals surface area contributed by atoms with Crippen LogP contribution in [0.2, 0.25) is 0 Å². The van der Waals surface area contributed by atoms with E-state index in [2.05, 4.69) is 5.32 Å². The van der Waals surface area contributed by atoms with Crippen LogP contribution in [0.4, 0.5) is 8.78 Å². The third-order valence-electron chi connectivity index (χ3n) is 2.58. The Balaban J connectivity index is 2.86. The molecule has 0 spiro atoms. The summed E-state index contributed by atoms with van der Waals surface area (Å²) in [6.07, 6.45) is 0.0232. The molecule has 0 unspecified atom stereocenters. The summed E-state index contributed by atoms with van der Waals surface area (Å²) in [6, 6.07) is 3.12. The number of benzene rings is 1. The lowest BCUT2D eigenvalue weighted by atomic mass is 10.0. The predicted octanol–water partition coefficient (Wildman–Crippen LogP) is 1.10. The van der Waals surface area contributed by atoms with Crippen molar-refractivity contribution in [2.75, 3.05) is 0 Å². The molecule has 3 N–H and O–H groups in total. The van der Waals surface area contributed by atoms with Crippen molar-refractivity contribution in [3.05, 3.63) is 35.4 Å². The summed E-state index contributed by atoms with van der Waals surface area (Å²) in [7, 11) is 0. The van der Waals surface area contributed by atoms with Gasteiger partial charge in [-0.05, 0) is 25.5 Å². The molecule has 1 aromatic rings. The Morgan fingerprint density at radius 2 is 1.90 bits per heavy atom. The number of amides is 2. The summed E-state index contributed by atoms with van der Waals surface area (Å²) in [5.74, 6) is -3.97. The smallest absolute Gasteiger partial charge is 0.252 e. The number of carbonyl (C=O) groups excluding carboxylic acids is 2. The van der Waals surface area contributed by atoms with Crippen LogP contribution in [0.5, 0.6) is 0 Å².